The molecule has 0 fully saturated rings. The molecule has 0 aromatic carbocycles. The molecular weight excluding hydrogens is 332 g/mol. The lowest BCUT2D eigenvalue weighted by atomic mass is 10.1. The van der Waals surface area contributed by atoms with Crippen LogP contribution in [0.25, 0.3) is 11.4 Å². The van der Waals surface area contributed by atoms with E-state index in [-0.39, 0.29) is 6.04 Å². The highest BCUT2D eigenvalue weighted by Crippen LogP contribution is 2.28. The Hall–Kier alpha value is -2.38. The molecule has 3 aromatic rings. The predicted molar refractivity (Wildman–Crippen MR) is 99.6 cm³/mol. The monoisotopic (exact) mass is 352 g/mol. The fraction of sp³-hybridized carbons (Fsp3) is 0.333. The molecule has 6 nitrogen and oxygen atoms in total. The minimum atomic E-state index is 0.101. The molecule has 0 spiro atoms. The number of aryl methyl sites for hydroxylation is 1. The van der Waals surface area contributed by atoms with Gasteiger partial charge in [0.1, 0.15) is 5.82 Å². The van der Waals surface area contributed by atoms with Crippen LogP contribution in [-0.2, 0) is 13.0 Å². The summed E-state index contributed by atoms with van der Waals surface area (Å²) in [4.78, 5) is 18.3. The van der Waals surface area contributed by atoms with Gasteiger partial charge in [0.05, 0.1) is 22.4 Å². The van der Waals surface area contributed by atoms with E-state index in [0.717, 1.165) is 53.1 Å². The van der Waals surface area contributed by atoms with Crippen molar-refractivity contribution >= 4 is 17.2 Å². The maximum Gasteiger partial charge on any atom is 0.161 e. The minimum absolute atomic E-state index is 0.101. The fourth-order valence-electron chi connectivity index (χ4n) is 2.97. The number of hydrogen-bond donors (Lipinski definition) is 2. The van der Waals surface area contributed by atoms with Crippen molar-refractivity contribution in [1.82, 2.24) is 25.3 Å². The summed E-state index contributed by atoms with van der Waals surface area (Å²) in [5.41, 5.74) is 4.30. The Morgan fingerprint density at radius 3 is 2.80 bits per heavy atom. The zero-order valence-electron chi connectivity index (χ0n) is 14.3. The maximum absolute atomic E-state index is 4.83. The van der Waals surface area contributed by atoms with Crippen LogP contribution in [0.3, 0.4) is 0 Å². The Balaban J connectivity index is 1.72. The Morgan fingerprint density at radius 1 is 1.20 bits per heavy atom. The smallest absolute Gasteiger partial charge is 0.161 e. The van der Waals surface area contributed by atoms with E-state index in [1.165, 1.54) is 5.56 Å². The minimum Gasteiger partial charge on any atom is -0.362 e. The highest BCUT2D eigenvalue weighted by molar-refractivity contribution is 7.09. The average Bonchev–Trinajstić information content (AvgIpc) is 3.09. The first-order valence-electron chi connectivity index (χ1n) is 8.40. The highest BCUT2D eigenvalue weighted by atomic mass is 32.1. The van der Waals surface area contributed by atoms with Gasteiger partial charge in [-0.2, -0.15) is 0 Å². The van der Waals surface area contributed by atoms with Gasteiger partial charge in [0, 0.05) is 35.4 Å². The van der Waals surface area contributed by atoms with Crippen molar-refractivity contribution in [3.63, 3.8) is 0 Å². The lowest BCUT2D eigenvalue weighted by Crippen LogP contribution is -2.27. The number of hydrogen-bond acceptors (Lipinski definition) is 7. The third kappa shape index (κ3) is 3.38. The number of pyridine rings is 1. The largest absolute Gasteiger partial charge is 0.362 e. The molecule has 4 rings (SSSR count). The van der Waals surface area contributed by atoms with E-state index in [0.29, 0.717) is 0 Å². The molecule has 3 aromatic heterocycles. The van der Waals surface area contributed by atoms with Gasteiger partial charge in [0.2, 0.25) is 0 Å². The first kappa shape index (κ1) is 16.1. The Labute approximate surface area is 150 Å². The normalized spacial score (nSPS) is 14.8. The lowest BCUT2D eigenvalue weighted by molar-refractivity contribution is 0.623. The van der Waals surface area contributed by atoms with E-state index in [9.17, 15) is 0 Å². The second kappa shape index (κ2) is 6.85. The summed E-state index contributed by atoms with van der Waals surface area (Å²) in [5.74, 6) is 1.64. The van der Waals surface area contributed by atoms with Crippen LogP contribution in [0.15, 0.2) is 29.9 Å². The number of thiazole rings is 1. The zero-order valence-corrected chi connectivity index (χ0v) is 15.1. The summed E-state index contributed by atoms with van der Waals surface area (Å²) in [6.07, 6.45) is 4.46. The van der Waals surface area contributed by atoms with E-state index in [1.54, 1.807) is 23.7 Å². The second-order valence-corrected chi connectivity index (χ2v) is 7.20. The average molecular weight is 352 g/mol. The summed E-state index contributed by atoms with van der Waals surface area (Å²) >= 11 is 1.67. The van der Waals surface area contributed by atoms with Crippen LogP contribution in [0.1, 0.15) is 34.9 Å². The summed E-state index contributed by atoms with van der Waals surface area (Å²) in [6, 6.07) is 3.98. The van der Waals surface area contributed by atoms with Gasteiger partial charge in [-0.05, 0) is 38.9 Å². The van der Waals surface area contributed by atoms with Gasteiger partial charge in [-0.15, -0.1) is 11.3 Å². The fourth-order valence-corrected chi connectivity index (χ4v) is 3.67. The van der Waals surface area contributed by atoms with Crippen LogP contribution in [-0.4, -0.2) is 26.5 Å². The molecule has 0 radical (unpaired) electrons. The summed E-state index contributed by atoms with van der Waals surface area (Å²) in [7, 11) is 0. The third-order valence-corrected chi connectivity index (χ3v) is 5.10. The molecule has 0 amide bonds. The quantitative estimate of drug-likeness (QED) is 0.751. The van der Waals surface area contributed by atoms with E-state index >= 15 is 0 Å². The van der Waals surface area contributed by atoms with Crippen molar-refractivity contribution in [3.05, 3.63) is 51.9 Å². The zero-order chi connectivity index (χ0) is 17.2. The summed E-state index contributed by atoms with van der Waals surface area (Å²) in [5, 5.41) is 10.1. The second-order valence-electron chi connectivity index (χ2n) is 6.14. The molecule has 0 aliphatic carbocycles. The predicted octanol–water partition coefficient (Wildman–Crippen LogP) is 3.12. The molecular formula is C18H20N6S. The Bertz CT molecular complexity index is 877. The number of nitrogens with one attached hydrogen (secondary N) is 2. The number of rotatable bonds is 4. The van der Waals surface area contributed by atoms with Crippen molar-refractivity contribution in [2.24, 2.45) is 0 Å². The van der Waals surface area contributed by atoms with Crippen LogP contribution in [0.4, 0.5) is 5.82 Å². The first-order chi connectivity index (χ1) is 12.2. The molecule has 7 heteroatoms. The van der Waals surface area contributed by atoms with Gasteiger partial charge in [0.15, 0.2) is 5.82 Å². The van der Waals surface area contributed by atoms with E-state index in [4.69, 9.17) is 9.97 Å². The van der Waals surface area contributed by atoms with Crippen molar-refractivity contribution < 1.29 is 0 Å². The van der Waals surface area contributed by atoms with Crippen molar-refractivity contribution in [2.45, 2.75) is 32.9 Å². The number of anilines is 1. The summed E-state index contributed by atoms with van der Waals surface area (Å²) in [6.45, 7) is 5.87. The van der Waals surface area contributed by atoms with Gasteiger partial charge in [-0.1, -0.05) is 0 Å². The van der Waals surface area contributed by atoms with Crippen LogP contribution in [0.2, 0.25) is 0 Å². The van der Waals surface area contributed by atoms with Crippen LogP contribution < -0.4 is 10.6 Å². The molecule has 0 bridgehead atoms. The molecule has 2 N–H and O–H groups in total. The third-order valence-electron chi connectivity index (χ3n) is 4.31. The number of fused-ring (bicyclic) bond motifs is 1. The van der Waals surface area contributed by atoms with Gasteiger partial charge in [-0.25, -0.2) is 15.0 Å². The van der Waals surface area contributed by atoms with Gasteiger partial charge in [-0.3, -0.25) is 4.98 Å². The Kier molecular flexibility index (Phi) is 4.42. The Morgan fingerprint density at radius 2 is 2.04 bits per heavy atom. The molecule has 1 aliphatic rings. The maximum atomic E-state index is 4.83. The standard InChI is InChI=1S/C18H20N6S/c1-11(16-10-25-12(2)22-16)21-18-14-5-8-20-9-15(14)23-17(24-18)13-3-6-19-7-4-13/h3-4,6-7,10-11,20H,5,8-9H2,1-2H3,(H,21,23,24)/t11-/m1/s1. The molecule has 0 saturated heterocycles. The molecule has 1 aliphatic heterocycles. The summed E-state index contributed by atoms with van der Waals surface area (Å²) < 4.78 is 0. The van der Waals surface area contributed by atoms with Crippen LogP contribution in [0.5, 0.6) is 0 Å². The van der Waals surface area contributed by atoms with Gasteiger partial charge in [0.25, 0.3) is 0 Å². The molecule has 4 heterocycles. The van der Waals surface area contributed by atoms with Crippen LogP contribution >= 0.6 is 11.3 Å². The van der Waals surface area contributed by atoms with E-state index in [2.05, 4.69) is 32.9 Å². The molecule has 0 unspecified atom stereocenters. The SMILES string of the molecule is Cc1nc([C@@H](C)Nc2nc(-c3ccncc3)nc3c2CCNC3)cs1. The molecule has 0 saturated carbocycles. The number of nitrogens with zero attached hydrogens (tertiary/aromatic N) is 4. The molecule has 128 valence electrons. The highest BCUT2D eigenvalue weighted by Gasteiger charge is 2.20. The van der Waals surface area contributed by atoms with E-state index in [1.807, 2.05) is 19.1 Å². The van der Waals surface area contributed by atoms with Crippen LogP contribution in [0, 0.1) is 6.92 Å². The lowest BCUT2D eigenvalue weighted by Gasteiger charge is -2.22. The topological polar surface area (TPSA) is 75.6 Å². The van der Waals surface area contributed by atoms with E-state index < -0.39 is 0 Å². The first-order valence-corrected chi connectivity index (χ1v) is 9.28. The van der Waals surface area contributed by atoms with Gasteiger partial charge >= 0.3 is 0 Å². The van der Waals surface area contributed by atoms with Crippen molar-refractivity contribution in [1.29, 1.82) is 0 Å². The number of aromatic nitrogens is 4. The van der Waals surface area contributed by atoms with Gasteiger partial charge < -0.3 is 10.6 Å². The molecule has 25 heavy (non-hydrogen) atoms. The van der Waals surface area contributed by atoms with Crippen molar-refractivity contribution in [2.75, 3.05) is 11.9 Å². The molecule has 1 atom stereocenters. The van der Waals surface area contributed by atoms with Crippen molar-refractivity contribution in [3.8, 4) is 11.4 Å².